The summed E-state index contributed by atoms with van der Waals surface area (Å²) in [7, 11) is 0. The average Bonchev–Trinajstić information content (AvgIpc) is 2.18. The molecule has 0 heterocycles. The van der Waals surface area contributed by atoms with E-state index in [1.165, 1.54) is 0 Å². The van der Waals surface area contributed by atoms with Gasteiger partial charge in [-0.3, -0.25) is 0 Å². The molecule has 0 aromatic rings. The third kappa shape index (κ3) is 166. The first-order valence-electron chi connectivity index (χ1n) is 3.95. The van der Waals surface area contributed by atoms with Crippen molar-refractivity contribution in [3.63, 3.8) is 0 Å². The number of rotatable bonds is 3. The van der Waals surface area contributed by atoms with Gasteiger partial charge in [-0.15, -0.1) is 0 Å². The Morgan fingerprint density at radius 2 is 0.467 bits per heavy atom. The van der Waals surface area contributed by atoms with Crippen molar-refractivity contribution in [2.45, 2.75) is 0 Å². The Balaban J connectivity index is -0.0000000184. The largest absolute Gasteiger partial charge is 2.00 e. The summed E-state index contributed by atoms with van der Waals surface area (Å²) in [6.45, 7) is 3.58. The topological polar surface area (TPSA) is 156 Å². The first kappa shape index (κ1) is 36.0. The van der Waals surface area contributed by atoms with Gasteiger partial charge in [-0.1, -0.05) is 0 Å². The quantitative estimate of drug-likeness (QED) is 0.284. The molecule has 0 spiro atoms. The normalized spacial score (nSPS) is 6.00. The minimum Gasteiger partial charge on any atom is -1.00 e. The van der Waals surface area contributed by atoms with Gasteiger partial charge in [0.05, 0.1) is 0 Å². The fourth-order valence-electron chi connectivity index (χ4n) is 0. The standard InChI is InChI=1S/3C2H8N2.2ClH.Ni/c3*3-1-2-4;;;/h3*1-4H2;2*1H;/q;;;;;+2/p-2. The van der Waals surface area contributed by atoms with Crippen LogP contribution in [0.3, 0.4) is 0 Å². The molecule has 0 aromatic carbocycles. The van der Waals surface area contributed by atoms with Crippen LogP contribution < -0.4 is 59.2 Å². The Labute approximate surface area is 115 Å². The van der Waals surface area contributed by atoms with Gasteiger partial charge in [0.2, 0.25) is 0 Å². The summed E-state index contributed by atoms with van der Waals surface area (Å²) >= 11 is 0. The third-order valence-electron chi connectivity index (χ3n) is 0.500. The Hall–Kier alpha value is 0.834. The van der Waals surface area contributed by atoms with Crippen LogP contribution in [0, 0.1) is 0 Å². The van der Waals surface area contributed by atoms with Gasteiger partial charge >= 0.3 is 16.5 Å². The zero-order chi connectivity index (χ0) is 10.2. The maximum Gasteiger partial charge on any atom is 2.00 e. The summed E-state index contributed by atoms with van der Waals surface area (Å²) in [5.74, 6) is 0. The number of nitrogens with two attached hydrogens (primary N) is 6. The Kier molecular flexibility index (Phi) is 146. The fraction of sp³-hybridized carbons (Fsp3) is 1.00. The third-order valence-corrected chi connectivity index (χ3v) is 0.500. The van der Waals surface area contributed by atoms with Crippen LogP contribution in [-0.4, -0.2) is 39.3 Å². The number of hydrogen-bond acceptors (Lipinski definition) is 6. The van der Waals surface area contributed by atoms with Gasteiger partial charge < -0.3 is 59.2 Å². The monoisotopic (exact) mass is 308 g/mol. The van der Waals surface area contributed by atoms with Crippen LogP contribution in [0.15, 0.2) is 0 Å². The van der Waals surface area contributed by atoms with E-state index in [4.69, 9.17) is 34.4 Å². The molecule has 0 aromatic heterocycles. The number of hydrogen-bond donors (Lipinski definition) is 6. The van der Waals surface area contributed by atoms with Crippen LogP contribution in [-0.2, 0) is 16.5 Å². The van der Waals surface area contributed by atoms with Crippen LogP contribution in [0.5, 0.6) is 0 Å². The zero-order valence-corrected chi connectivity index (χ0v) is 11.3. The maximum absolute atomic E-state index is 4.90. The molecule has 0 saturated carbocycles. The van der Waals surface area contributed by atoms with E-state index in [2.05, 4.69) is 0 Å². The molecule has 0 saturated heterocycles. The molecule has 0 rings (SSSR count). The summed E-state index contributed by atoms with van der Waals surface area (Å²) in [6.07, 6.45) is 0. The van der Waals surface area contributed by atoms with E-state index in [0.29, 0.717) is 39.3 Å². The Morgan fingerprint density at radius 3 is 0.467 bits per heavy atom. The van der Waals surface area contributed by atoms with Crippen molar-refractivity contribution >= 4 is 0 Å². The molecule has 12 N–H and O–H groups in total. The molecule has 6 nitrogen and oxygen atoms in total. The predicted octanol–water partition coefficient (Wildman–Crippen LogP) is -9.28. The molecular formula is C6H24Cl2N6Ni. The fourth-order valence-corrected chi connectivity index (χ4v) is 0. The van der Waals surface area contributed by atoms with E-state index in [1.54, 1.807) is 0 Å². The second-order valence-corrected chi connectivity index (χ2v) is 1.73. The van der Waals surface area contributed by atoms with Crippen LogP contribution in [0.25, 0.3) is 0 Å². The minimum absolute atomic E-state index is 0. The molecule has 102 valence electrons. The van der Waals surface area contributed by atoms with Gasteiger partial charge in [-0.2, -0.15) is 0 Å². The van der Waals surface area contributed by atoms with Gasteiger partial charge in [0, 0.05) is 39.3 Å². The van der Waals surface area contributed by atoms with Gasteiger partial charge in [0.25, 0.3) is 0 Å². The van der Waals surface area contributed by atoms with Crippen molar-refractivity contribution in [2.24, 2.45) is 34.4 Å². The number of halogens is 2. The second-order valence-electron chi connectivity index (χ2n) is 1.73. The summed E-state index contributed by atoms with van der Waals surface area (Å²) in [4.78, 5) is 0. The van der Waals surface area contributed by atoms with Crippen LogP contribution in [0.2, 0.25) is 0 Å². The van der Waals surface area contributed by atoms with E-state index in [-0.39, 0.29) is 41.3 Å². The molecule has 0 radical (unpaired) electrons. The van der Waals surface area contributed by atoms with Gasteiger partial charge in [-0.05, 0) is 0 Å². The second kappa shape index (κ2) is 60.8. The van der Waals surface area contributed by atoms with Gasteiger partial charge in [0.1, 0.15) is 0 Å². The molecule has 0 atom stereocenters. The van der Waals surface area contributed by atoms with Gasteiger partial charge in [0.15, 0.2) is 0 Å². The zero-order valence-electron chi connectivity index (χ0n) is 8.78. The molecule has 0 bridgehead atoms. The van der Waals surface area contributed by atoms with Gasteiger partial charge in [-0.25, -0.2) is 0 Å². The summed E-state index contributed by atoms with van der Waals surface area (Å²) < 4.78 is 0. The molecule has 0 aliphatic carbocycles. The SMILES string of the molecule is NCCN.NCCN.NCCN.[Cl-].[Cl-].[Ni+2]. The predicted molar refractivity (Wildman–Crippen MR) is 54.3 cm³/mol. The molecule has 0 aliphatic rings. The van der Waals surface area contributed by atoms with E-state index in [9.17, 15) is 0 Å². The smallest absolute Gasteiger partial charge is 1.00 e. The maximum atomic E-state index is 4.90. The van der Waals surface area contributed by atoms with E-state index >= 15 is 0 Å². The van der Waals surface area contributed by atoms with Crippen LogP contribution in [0.1, 0.15) is 0 Å². The molecule has 0 amide bonds. The average molecular weight is 310 g/mol. The van der Waals surface area contributed by atoms with Crippen molar-refractivity contribution in [3.05, 3.63) is 0 Å². The summed E-state index contributed by atoms with van der Waals surface area (Å²) in [6, 6.07) is 0. The Bertz CT molecular complexity index is 41.1. The first-order chi connectivity index (χ1) is 5.74. The van der Waals surface area contributed by atoms with Crippen LogP contribution >= 0.6 is 0 Å². The van der Waals surface area contributed by atoms with Crippen molar-refractivity contribution in [1.82, 2.24) is 0 Å². The summed E-state index contributed by atoms with van der Waals surface area (Å²) in [5.41, 5.74) is 29.4. The summed E-state index contributed by atoms with van der Waals surface area (Å²) in [5, 5.41) is 0. The van der Waals surface area contributed by atoms with E-state index in [1.807, 2.05) is 0 Å². The first-order valence-corrected chi connectivity index (χ1v) is 3.95. The molecule has 15 heavy (non-hydrogen) atoms. The molecule has 0 fully saturated rings. The van der Waals surface area contributed by atoms with Crippen molar-refractivity contribution < 1.29 is 41.3 Å². The Morgan fingerprint density at radius 1 is 0.400 bits per heavy atom. The van der Waals surface area contributed by atoms with Crippen LogP contribution in [0.4, 0.5) is 0 Å². The van der Waals surface area contributed by atoms with Crippen molar-refractivity contribution in [1.29, 1.82) is 0 Å². The molecule has 0 unspecified atom stereocenters. The van der Waals surface area contributed by atoms with E-state index < -0.39 is 0 Å². The molecular weight excluding hydrogens is 286 g/mol. The van der Waals surface area contributed by atoms with E-state index in [0.717, 1.165) is 0 Å². The molecule has 0 aliphatic heterocycles. The van der Waals surface area contributed by atoms with Crippen molar-refractivity contribution in [3.8, 4) is 0 Å². The minimum atomic E-state index is 0. The molecule has 9 heteroatoms. The van der Waals surface area contributed by atoms with Crippen molar-refractivity contribution in [2.75, 3.05) is 39.3 Å².